The Labute approximate surface area is 212 Å². The van der Waals surface area contributed by atoms with Gasteiger partial charge >= 0.3 is 120 Å². The van der Waals surface area contributed by atoms with Crippen molar-refractivity contribution >= 4 is 48.3 Å². The minimum Gasteiger partial charge on any atom is -0.759 e. The number of nitriles is 3. The van der Waals surface area contributed by atoms with Crippen molar-refractivity contribution in [1.82, 2.24) is 0 Å². The van der Waals surface area contributed by atoms with Crippen molar-refractivity contribution in [3.8, 4) is 16.2 Å². The van der Waals surface area contributed by atoms with E-state index in [-0.39, 0.29) is 120 Å². The summed E-state index contributed by atoms with van der Waals surface area (Å²) in [4.78, 5) is 0. The van der Waals surface area contributed by atoms with E-state index in [0.717, 1.165) is 0 Å². The SMILES string of the molecule is N#C[S-].N#C[S-].N#C[S-].O=S(=O)([O-])[O-].[Fe+3].[K+].[K+]. The minimum atomic E-state index is -5.17. The molecule has 0 aliphatic rings. The Morgan fingerprint density at radius 1 is 0.824 bits per heavy atom. The van der Waals surface area contributed by atoms with Gasteiger partial charge in [-0.15, -0.1) is 0 Å². The van der Waals surface area contributed by atoms with Crippen molar-refractivity contribution in [3.05, 3.63) is 0 Å². The van der Waals surface area contributed by atoms with E-state index in [1.165, 1.54) is 16.2 Å². The first kappa shape index (κ1) is 42.7. The monoisotopic (exact) mass is 404 g/mol. The van der Waals surface area contributed by atoms with E-state index in [0.29, 0.717) is 0 Å². The van der Waals surface area contributed by atoms with Gasteiger partial charge in [-0.3, -0.25) is 8.42 Å². The molecule has 0 heterocycles. The van der Waals surface area contributed by atoms with E-state index in [2.05, 4.69) is 37.9 Å². The molecule has 0 aromatic rings. The van der Waals surface area contributed by atoms with Crippen LogP contribution in [0.5, 0.6) is 0 Å². The molecule has 7 nitrogen and oxygen atoms in total. The van der Waals surface area contributed by atoms with Crippen LogP contribution in [0.25, 0.3) is 0 Å². The largest absolute Gasteiger partial charge is 3.00 e. The number of rotatable bonds is 0. The van der Waals surface area contributed by atoms with Gasteiger partial charge in [0.25, 0.3) is 0 Å². The van der Waals surface area contributed by atoms with Crippen LogP contribution >= 0.6 is 0 Å². The molecule has 0 saturated carbocycles. The molecule has 0 fully saturated rings. The summed E-state index contributed by atoms with van der Waals surface area (Å²) in [5, 5.41) is 25.4. The molecule has 0 saturated heterocycles. The van der Waals surface area contributed by atoms with Gasteiger partial charge in [0.2, 0.25) is 0 Å². The van der Waals surface area contributed by atoms with Crippen LogP contribution < -0.4 is 103 Å². The van der Waals surface area contributed by atoms with Gasteiger partial charge in [-0.2, -0.15) is 0 Å². The smallest absolute Gasteiger partial charge is 0.759 e. The third kappa shape index (κ3) is 680. The van der Waals surface area contributed by atoms with Crippen LogP contribution in [0, 0.1) is 32.0 Å². The van der Waals surface area contributed by atoms with Crippen LogP contribution in [-0.2, 0) is 65.4 Å². The van der Waals surface area contributed by atoms with Gasteiger partial charge in [-0.1, -0.05) is 16.2 Å². The molecule has 0 spiro atoms. The summed E-state index contributed by atoms with van der Waals surface area (Å²) < 4.78 is 34.1. The Morgan fingerprint density at radius 3 is 0.824 bits per heavy atom. The second-order valence-electron chi connectivity index (χ2n) is 0.682. The Hall–Kier alpha value is 2.79. The van der Waals surface area contributed by atoms with Crippen LogP contribution in [0.1, 0.15) is 0 Å². The fraction of sp³-hybridized carbons (Fsp3) is 0. The molecule has 0 aliphatic carbocycles. The summed E-state index contributed by atoms with van der Waals surface area (Å²) >= 11 is 11.1. The van der Waals surface area contributed by atoms with Gasteiger partial charge in [0, 0.05) is 10.4 Å². The molecule has 0 aliphatic heterocycles. The molecular formula is C3FeK2N3O4S4. The van der Waals surface area contributed by atoms with Gasteiger partial charge in [0.15, 0.2) is 0 Å². The summed E-state index contributed by atoms with van der Waals surface area (Å²) in [5.41, 5.74) is 0. The second kappa shape index (κ2) is 42.8. The van der Waals surface area contributed by atoms with E-state index in [9.17, 15) is 0 Å². The molecule has 1 radical (unpaired) electrons. The maximum absolute atomic E-state index is 8.52. The van der Waals surface area contributed by atoms with Gasteiger partial charge in [0.1, 0.15) is 0 Å². The van der Waals surface area contributed by atoms with Crippen molar-refractivity contribution in [2.45, 2.75) is 0 Å². The third-order valence-corrected chi connectivity index (χ3v) is 0. The molecule has 17 heavy (non-hydrogen) atoms. The van der Waals surface area contributed by atoms with Gasteiger partial charge in [-0.05, 0) is 0 Å². The van der Waals surface area contributed by atoms with E-state index < -0.39 is 10.4 Å². The van der Waals surface area contributed by atoms with Crippen molar-refractivity contribution in [2.24, 2.45) is 0 Å². The summed E-state index contributed by atoms with van der Waals surface area (Å²) in [6.07, 6.45) is 0. The number of thiocyanates is 3. The fourth-order valence-corrected chi connectivity index (χ4v) is 0. The molecule has 0 aromatic heterocycles. The van der Waals surface area contributed by atoms with Gasteiger partial charge < -0.3 is 47.0 Å². The first-order chi connectivity index (χ1) is 6.24. The average molecular weight is 404 g/mol. The molecule has 0 N–H and O–H groups in total. The summed E-state index contributed by atoms with van der Waals surface area (Å²) in [7, 11) is -5.17. The van der Waals surface area contributed by atoms with Crippen LogP contribution in [0.15, 0.2) is 0 Å². The zero-order chi connectivity index (χ0) is 12.6. The quantitative estimate of drug-likeness (QED) is 0.125. The van der Waals surface area contributed by atoms with Gasteiger partial charge in [-0.25, -0.2) is 15.8 Å². The standard InChI is InChI=1S/3CHNS.Fe.2K.H2O4S/c3*2-1-3;;;;1-5(2,3)4/h3*3H;;;;(H2,1,2,3,4)/q;;;+3;2*+1;/p-5. The molecule has 0 rings (SSSR count). The van der Waals surface area contributed by atoms with Crippen LogP contribution in [0.3, 0.4) is 0 Å². The average Bonchev–Trinajstić information content (AvgIpc) is 1.86. The Kier molecular flexibility index (Phi) is 107. The predicted octanol–water partition coefficient (Wildman–Crippen LogP) is -7.29. The summed E-state index contributed by atoms with van der Waals surface area (Å²) in [6, 6.07) is 0. The van der Waals surface area contributed by atoms with Gasteiger partial charge in [0.05, 0.1) is 0 Å². The molecule has 0 atom stereocenters. The maximum Gasteiger partial charge on any atom is 3.00 e. The number of hydrogen-bond acceptors (Lipinski definition) is 10. The fourth-order valence-electron chi connectivity index (χ4n) is 0. The van der Waals surface area contributed by atoms with Crippen molar-refractivity contribution in [2.75, 3.05) is 0 Å². The van der Waals surface area contributed by atoms with Crippen LogP contribution in [0.4, 0.5) is 0 Å². The zero-order valence-corrected chi connectivity index (χ0v) is 19.1. The van der Waals surface area contributed by atoms with Crippen LogP contribution in [0.2, 0.25) is 0 Å². The molecule has 0 aromatic carbocycles. The molecule has 85 valence electrons. The molecule has 0 unspecified atom stereocenters. The van der Waals surface area contributed by atoms with Crippen molar-refractivity contribution in [3.63, 3.8) is 0 Å². The topological polar surface area (TPSA) is 152 Å². The number of nitrogens with zero attached hydrogens (tertiary/aromatic N) is 3. The van der Waals surface area contributed by atoms with Crippen molar-refractivity contribution in [1.29, 1.82) is 15.8 Å². The van der Waals surface area contributed by atoms with E-state index in [1.54, 1.807) is 0 Å². The first-order valence-electron chi connectivity index (χ1n) is 1.95. The molecule has 14 heteroatoms. The molecule has 0 amide bonds. The normalized spacial score (nSPS) is 4.65. The predicted molar refractivity (Wildman–Crippen MR) is 49.4 cm³/mol. The van der Waals surface area contributed by atoms with E-state index in [1.807, 2.05) is 0 Å². The van der Waals surface area contributed by atoms with E-state index in [4.69, 9.17) is 33.3 Å². The Morgan fingerprint density at radius 2 is 0.824 bits per heavy atom. The Bertz CT molecular complexity index is 284. The third-order valence-electron chi connectivity index (χ3n) is 0. The molecule has 0 bridgehead atoms. The van der Waals surface area contributed by atoms with Crippen molar-refractivity contribution < 1.29 is 137 Å². The maximum atomic E-state index is 8.52. The summed E-state index contributed by atoms with van der Waals surface area (Å²) in [5.74, 6) is 0. The number of hydrogen-bond donors (Lipinski definition) is 0. The minimum absolute atomic E-state index is 0. The zero-order valence-electron chi connectivity index (χ0n) is 8.46. The second-order valence-corrected chi connectivity index (χ2v) is 2.05. The first-order valence-corrected chi connectivity index (χ1v) is 4.51. The van der Waals surface area contributed by atoms with Crippen LogP contribution in [-0.4, -0.2) is 17.5 Å². The summed E-state index contributed by atoms with van der Waals surface area (Å²) in [6.45, 7) is 0. The Balaban J connectivity index is -0.0000000152. The molecular weight excluding hydrogens is 404 g/mol. The van der Waals surface area contributed by atoms with E-state index >= 15 is 0 Å².